The van der Waals surface area contributed by atoms with Crippen molar-refractivity contribution in [1.29, 1.82) is 0 Å². The van der Waals surface area contributed by atoms with Crippen LogP contribution in [-0.4, -0.2) is 27.0 Å². The molecule has 0 atom stereocenters. The first-order chi connectivity index (χ1) is 10.2. The highest BCUT2D eigenvalue weighted by Gasteiger charge is 2.49. The minimum absolute atomic E-state index is 0.0771. The largest absolute Gasteiger partial charge is 0.534 e. The quantitative estimate of drug-likeness (QED) is 0.467. The maximum absolute atomic E-state index is 12.5. The van der Waals surface area contributed by atoms with Gasteiger partial charge in [-0.1, -0.05) is 6.07 Å². The molecule has 22 heavy (non-hydrogen) atoms. The van der Waals surface area contributed by atoms with Gasteiger partial charge in [-0.15, -0.1) is 22.7 Å². The van der Waals surface area contributed by atoms with E-state index in [4.69, 9.17) is 0 Å². The molecule has 0 unspecified atom stereocenters. The Morgan fingerprint density at radius 1 is 1.27 bits per heavy atom. The van der Waals surface area contributed by atoms with Crippen LogP contribution in [0.25, 0.3) is 10.4 Å². The number of carbonyl (C=O) groups is 1. The number of esters is 1. The Labute approximate surface area is 131 Å². The zero-order chi connectivity index (χ0) is 16.5. The van der Waals surface area contributed by atoms with Crippen molar-refractivity contribution in [3.63, 3.8) is 0 Å². The standard InChI is InChI=1S/C11H7F3O5S3/c1-18-10(15)9-8(19-22(16,17)11(12,13)14)6(5-21-9)7-3-2-4-20-7/h2-5H,1H3. The third kappa shape index (κ3) is 3.10. The molecular formula is C11H7F3O5S3. The molecule has 0 fully saturated rings. The Bertz CT molecular complexity index is 774. The van der Waals surface area contributed by atoms with Crippen molar-refractivity contribution in [2.45, 2.75) is 5.51 Å². The monoisotopic (exact) mass is 372 g/mol. The Morgan fingerprint density at radius 3 is 2.45 bits per heavy atom. The van der Waals surface area contributed by atoms with Gasteiger partial charge in [0.25, 0.3) is 0 Å². The molecule has 0 saturated carbocycles. The maximum Gasteiger partial charge on any atom is 0.534 e. The predicted molar refractivity (Wildman–Crippen MR) is 74.6 cm³/mol. The first kappa shape index (κ1) is 16.8. The van der Waals surface area contributed by atoms with Gasteiger partial charge in [0.1, 0.15) is 0 Å². The Kier molecular flexibility index (Phi) is 4.49. The van der Waals surface area contributed by atoms with Crippen molar-refractivity contribution in [1.82, 2.24) is 0 Å². The van der Waals surface area contributed by atoms with Crippen LogP contribution in [0.1, 0.15) is 9.67 Å². The second kappa shape index (κ2) is 5.89. The number of alkyl halides is 3. The van der Waals surface area contributed by atoms with Crippen molar-refractivity contribution < 1.29 is 35.3 Å². The summed E-state index contributed by atoms with van der Waals surface area (Å²) in [6, 6.07) is 3.18. The van der Waals surface area contributed by atoms with E-state index in [1.54, 1.807) is 17.5 Å². The Morgan fingerprint density at radius 2 is 1.95 bits per heavy atom. The number of ether oxygens (including phenoxy) is 1. The highest BCUT2D eigenvalue weighted by Crippen LogP contribution is 2.42. The number of methoxy groups -OCH3 is 1. The molecule has 0 aromatic carbocycles. The summed E-state index contributed by atoms with van der Waals surface area (Å²) in [5.41, 5.74) is -5.53. The lowest BCUT2D eigenvalue weighted by molar-refractivity contribution is -0.0500. The molecule has 120 valence electrons. The number of carbonyl (C=O) groups excluding carboxylic acids is 1. The average molecular weight is 372 g/mol. The average Bonchev–Trinajstić information content (AvgIpc) is 3.04. The molecule has 2 rings (SSSR count). The van der Waals surface area contributed by atoms with Crippen LogP contribution in [0, 0.1) is 0 Å². The van der Waals surface area contributed by atoms with Crippen LogP contribution >= 0.6 is 22.7 Å². The highest BCUT2D eigenvalue weighted by atomic mass is 32.2. The molecule has 2 aromatic heterocycles. The third-order valence-corrected chi connectivity index (χ3v) is 5.18. The zero-order valence-electron chi connectivity index (χ0n) is 10.7. The molecule has 5 nitrogen and oxygen atoms in total. The fourth-order valence-electron chi connectivity index (χ4n) is 1.42. The first-order valence-corrected chi connectivity index (χ1v) is 8.58. The molecule has 0 bridgehead atoms. The molecule has 0 N–H and O–H groups in total. The minimum atomic E-state index is -5.89. The smallest absolute Gasteiger partial charge is 0.465 e. The molecule has 11 heteroatoms. The lowest BCUT2D eigenvalue weighted by Crippen LogP contribution is -2.28. The first-order valence-electron chi connectivity index (χ1n) is 5.42. The van der Waals surface area contributed by atoms with Gasteiger partial charge in [0.2, 0.25) is 0 Å². The van der Waals surface area contributed by atoms with Crippen LogP contribution in [-0.2, 0) is 14.9 Å². The maximum atomic E-state index is 12.5. The number of hydrogen-bond donors (Lipinski definition) is 0. The van der Waals surface area contributed by atoms with Crippen LogP contribution in [0.2, 0.25) is 0 Å². The fraction of sp³-hybridized carbons (Fsp3) is 0.182. The fourth-order valence-corrected chi connectivity index (χ4v) is 3.68. The Hall–Kier alpha value is -1.59. The van der Waals surface area contributed by atoms with Gasteiger partial charge in [-0.05, 0) is 11.4 Å². The van der Waals surface area contributed by atoms with Crippen LogP contribution in [0.4, 0.5) is 13.2 Å². The number of rotatable bonds is 4. The van der Waals surface area contributed by atoms with Gasteiger partial charge < -0.3 is 8.92 Å². The van der Waals surface area contributed by atoms with Crippen molar-refractivity contribution in [2.24, 2.45) is 0 Å². The van der Waals surface area contributed by atoms with Crippen LogP contribution in [0.5, 0.6) is 5.75 Å². The summed E-state index contributed by atoms with van der Waals surface area (Å²) in [4.78, 5) is 11.7. The van der Waals surface area contributed by atoms with E-state index in [0.29, 0.717) is 4.88 Å². The summed E-state index contributed by atoms with van der Waals surface area (Å²) in [7, 11) is -4.87. The Balaban J connectivity index is 2.57. The van der Waals surface area contributed by atoms with E-state index in [9.17, 15) is 26.4 Å². The molecule has 2 aromatic rings. The minimum Gasteiger partial charge on any atom is -0.465 e. The van der Waals surface area contributed by atoms with E-state index in [-0.39, 0.29) is 10.4 Å². The third-order valence-electron chi connectivity index (χ3n) is 2.38. The van der Waals surface area contributed by atoms with Gasteiger partial charge >= 0.3 is 21.6 Å². The van der Waals surface area contributed by atoms with Gasteiger partial charge in [-0.2, -0.15) is 21.6 Å². The molecule has 0 spiro atoms. The summed E-state index contributed by atoms with van der Waals surface area (Å²) >= 11 is 1.89. The molecule has 0 amide bonds. The molecule has 0 radical (unpaired) electrons. The van der Waals surface area contributed by atoms with Gasteiger partial charge in [0.05, 0.1) is 7.11 Å². The second-order valence-corrected chi connectivity index (χ2v) is 7.12. The van der Waals surface area contributed by atoms with Crippen LogP contribution in [0.3, 0.4) is 0 Å². The van der Waals surface area contributed by atoms with Gasteiger partial charge in [0, 0.05) is 15.8 Å². The molecule has 2 heterocycles. The topological polar surface area (TPSA) is 69.7 Å². The molecule has 0 aliphatic heterocycles. The van der Waals surface area contributed by atoms with E-state index in [1.165, 1.54) is 5.38 Å². The molecule has 0 saturated heterocycles. The summed E-state index contributed by atoms with van der Waals surface area (Å²) < 4.78 is 68.5. The van der Waals surface area contributed by atoms with Crippen molar-refractivity contribution >= 4 is 38.8 Å². The van der Waals surface area contributed by atoms with Gasteiger partial charge in [0.15, 0.2) is 10.6 Å². The van der Waals surface area contributed by atoms with E-state index >= 15 is 0 Å². The highest BCUT2D eigenvalue weighted by molar-refractivity contribution is 7.88. The SMILES string of the molecule is COC(=O)c1scc(-c2cccs2)c1OS(=O)(=O)C(F)(F)F. The van der Waals surface area contributed by atoms with Gasteiger partial charge in [-0.25, -0.2) is 4.79 Å². The van der Waals surface area contributed by atoms with Crippen molar-refractivity contribution in [3.8, 4) is 16.2 Å². The van der Waals surface area contributed by atoms with Crippen LogP contribution < -0.4 is 4.18 Å². The van der Waals surface area contributed by atoms with E-state index < -0.39 is 27.3 Å². The van der Waals surface area contributed by atoms with E-state index in [1.807, 2.05) is 0 Å². The lowest BCUT2D eigenvalue weighted by atomic mass is 10.2. The second-order valence-electron chi connectivity index (χ2n) is 3.76. The number of hydrogen-bond acceptors (Lipinski definition) is 7. The molecule has 0 aliphatic rings. The normalized spacial score (nSPS) is 12.2. The summed E-state index contributed by atoms with van der Waals surface area (Å²) in [6.07, 6.45) is 0. The van der Waals surface area contributed by atoms with E-state index in [0.717, 1.165) is 29.8 Å². The van der Waals surface area contributed by atoms with Gasteiger partial charge in [-0.3, -0.25) is 0 Å². The van der Waals surface area contributed by atoms with Crippen LogP contribution in [0.15, 0.2) is 22.9 Å². The van der Waals surface area contributed by atoms with E-state index in [2.05, 4.69) is 8.92 Å². The summed E-state index contributed by atoms with van der Waals surface area (Å²) in [5, 5.41) is 2.98. The summed E-state index contributed by atoms with van der Waals surface area (Å²) in [5.74, 6) is -1.67. The van der Waals surface area contributed by atoms with Crippen molar-refractivity contribution in [2.75, 3.05) is 7.11 Å². The molecule has 0 aliphatic carbocycles. The summed E-state index contributed by atoms with van der Waals surface area (Å²) in [6.45, 7) is 0. The zero-order valence-corrected chi connectivity index (χ0v) is 13.2. The molecular weight excluding hydrogens is 365 g/mol. The predicted octanol–water partition coefficient (Wildman–Crippen LogP) is 3.49. The van der Waals surface area contributed by atoms with Crippen molar-refractivity contribution in [3.05, 3.63) is 27.8 Å². The number of halogens is 3. The lowest BCUT2D eigenvalue weighted by Gasteiger charge is -2.11. The number of thiophene rings is 2.